The standard InChI is InChI=1S/C20H23N3O3/c1-2-15-7-8-16(26-15)13-22-11-9-20(10-12-22,19(24)25)23-14-21-17-5-3-4-6-18(17)23/h3-8,14H,2,9-13H2,1H3,(H,24,25). The molecule has 136 valence electrons. The molecule has 0 aliphatic carbocycles. The van der Waals surface area contributed by atoms with Crippen LogP contribution in [0.15, 0.2) is 47.1 Å². The van der Waals surface area contributed by atoms with Crippen molar-refractivity contribution in [2.75, 3.05) is 13.1 Å². The number of hydrogen-bond donors (Lipinski definition) is 1. The molecule has 0 atom stereocenters. The van der Waals surface area contributed by atoms with Gasteiger partial charge in [0, 0.05) is 19.5 Å². The van der Waals surface area contributed by atoms with E-state index in [0.29, 0.717) is 25.9 Å². The zero-order valence-corrected chi connectivity index (χ0v) is 14.9. The number of para-hydroxylation sites is 2. The lowest BCUT2D eigenvalue weighted by Gasteiger charge is -2.39. The fourth-order valence-corrected chi connectivity index (χ4v) is 3.86. The minimum Gasteiger partial charge on any atom is -0.479 e. The largest absolute Gasteiger partial charge is 0.479 e. The van der Waals surface area contributed by atoms with Crippen molar-refractivity contribution in [1.82, 2.24) is 14.5 Å². The average Bonchev–Trinajstić information content (AvgIpc) is 3.29. The molecule has 1 aliphatic rings. The number of aryl methyl sites for hydroxylation is 1. The van der Waals surface area contributed by atoms with E-state index in [4.69, 9.17) is 4.42 Å². The quantitative estimate of drug-likeness (QED) is 0.762. The molecule has 6 heteroatoms. The number of benzene rings is 1. The number of nitrogens with zero attached hydrogens (tertiary/aromatic N) is 3. The van der Waals surface area contributed by atoms with Gasteiger partial charge in [-0.05, 0) is 37.1 Å². The Hall–Kier alpha value is -2.60. The highest BCUT2D eigenvalue weighted by atomic mass is 16.4. The van der Waals surface area contributed by atoms with Crippen molar-refractivity contribution < 1.29 is 14.3 Å². The van der Waals surface area contributed by atoms with Crippen LogP contribution in [0.2, 0.25) is 0 Å². The van der Waals surface area contributed by atoms with Gasteiger partial charge in [-0.3, -0.25) is 4.90 Å². The third kappa shape index (κ3) is 2.80. The number of aromatic nitrogens is 2. The first-order chi connectivity index (χ1) is 12.6. The Morgan fingerprint density at radius 1 is 1.19 bits per heavy atom. The van der Waals surface area contributed by atoms with Crippen molar-refractivity contribution in [1.29, 1.82) is 0 Å². The highest BCUT2D eigenvalue weighted by molar-refractivity contribution is 5.82. The first-order valence-corrected chi connectivity index (χ1v) is 9.08. The summed E-state index contributed by atoms with van der Waals surface area (Å²) in [5, 5.41) is 10.0. The smallest absolute Gasteiger partial charge is 0.330 e. The van der Waals surface area contributed by atoms with E-state index in [0.717, 1.165) is 35.5 Å². The lowest BCUT2D eigenvalue weighted by atomic mass is 9.87. The lowest BCUT2D eigenvalue weighted by Crippen LogP contribution is -2.50. The van der Waals surface area contributed by atoms with Gasteiger partial charge in [0.15, 0.2) is 0 Å². The molecule has 1 aromatic carbocycles. The number of hydrogen-bond acceptors (Lipinski definition) is 4. The molecule has 0 unspecified atom stereocenters. The van der Waals surface area contributed by atoms with E-state index in [1.807, 2.05) is 41.0 Å². The molecule has 2 aromatic heterocycles. The number of likely N-dealkylation sites (tertiary alicyclic amines) is 1. The van der Waals surface area contributed by atoms with Gasteiger partial charge in [0.1, 0.15) is 17.1 Å². The van der Waals surface area contributed by atoms with Gasteiger partial charge in [0.05, 0.1) is 23.9 Å². The number of piperidine rings is 1. The minimum atomic E-state index is -0.940. The van der Waals surface area contributed by atoms with Crippen molar-refractivity contribution in [3.05, 3.63) is 54.2 Å². The molecular weight excluding hydrogens is 330 g/mol. The van der Waals surface area contributed by atoms with E-state index in [9.17, 15) is 9.90 Å². The summed E-state index contributed by atoms with van der Waals surface area (Å²) in [6.07, 6.45) is 3.65. The number of imidazole rings is 1. The molecule has 26 heavy (non-hydrogen) atoms. The molecular formula is C20H23N3O3. The summed E-state index contributed by atoms with van der Waals surface area (Å²) in [6, 6.07) is 11.7. The van der Waals surface area contributed by atoms with Crippen molar-refractivity contribution in [3.63, 3.8) is 0 Å². The maximum atomic E-state index is 12.2. The van der Waals surface area contributed by atoms with E-state index in [1.54, 1.807) is 6.33 Å². The van der Waals surface area contributed by atoms with Crippen LogP contribution in [0, 0.1) is 0 Å². The Kier molecular flexibility index (Phi) is 4.28. The third-order valence-corrected chi connectivity index (χ3v) is 5.44. The van der Waals surface area contributed by atoms with E-state index >= 15 is 0 Å². The maximum absolute atomic E-state index is 12.2. The second-order valence-electron chi connectivity index (χ2n) is 6.94. The number of rotatable bonds is 5. The van der Waals surface area contributed by atoms with Crippen molar-refractivity contribution >= 4 is 17.0 Å². The van der Waals surface area contributed by atoms with Crippen molar-refractivity contribution in [2.45, 2.75) is 38.3 Å². The predicted molar refractivity (Wildman–Crippen MR) is 97.9 cm³/mol. The first-order valence-electron chi connectivity index (χ1n) is 9.08. The fraction of sp³-hybridized carbons (Fsp3) is 0.400. The zero-order chi connectivity index (χ0) is 18.1. The maximum Gasteiger partial charge on any atom is 0.330 e. The van der Waals surface area contributed by atoms with Gasteiger partial charge < -0.3 is 14.1 Å². The summed E-state index contributed by atoms with van der Waals surface area (Å²) >= 11 is 0. The Balaban J connectivity index is 1.55. The number of aliphatic carboxylic acids is 1. The number of carboxylic acid groups (broad SMARTS) is 1. The van der Waals surface area contributed by atoms with Gasteiger partial charge in [-0.2, -0.15) is 0 Å². The van der Waals surface area contributed by atoms with Crippen molar-refractivity contribution in [2.24, 2.45) is 0 Å². The van der Waals surface area contributed by atoms with Gasteiger partial charge >= 0.3 is 5.97 Å². The summed E-state index contributed by atoms with van der Waals surface area (Å²) in [5.41, 5.74) is 0.768. The third-order valence-electron chi connectivity index (χ3n) is 5.44. The minimum absolute atomic E-state index is 0.546. The molecule has 1 fully saturated rings. The van der Waals surface area contributed by atoms with Gasteiger partial charge in [-0.15, -0.1) is 0 Å². The van der Waals surface area contributed by atoms with Crippen molar-refractivity contribution in [3.8, 4) is 0 Å². The predicted octanol–water partition coefficient (Wildman–Crippen LogP) is 3.27. The number of carbonyl (C=O) groups is 1. The molecule has 1 aliphatic heterocycles. The molecule has 4 rings (SSSR count). The number of fused-ring (bicyclic) bond motifs is 1. The molecule has 3 aromatic rings. The van der Waals surface area contributed by atoms with E-state index in [1.165, 1.54) is 0 Å². The van der Waals surface area contributed by atoms with E-state index in [-0.39, 0.29) is 0 Å². The van der Waals surface area contributed by atoms with E-state index < -0.39 is 11.5 Å². The Bertz CT molecular complexity index is 919. The lowest BCUT2D eigenvalue weighted by molar-refractivity contribution is -0.150. The van der Waals surface area contributed by atoms with Crippen LogP contribution in [0.25, 0.3) is 11.0 Å². The summed E-state index contributed by atoms with van der Waals surface area (Å²) < 4.78 is 7.64. The summed E-state index contributed by atoms with van der Waals surface area (Å²) in [6.45, 7) is 4.21. The summed E-state index contributed by atoms with van der Waals surface area (Å²) in [7, 11) is 0. The van der Waals surface area contributed by atoms with Crippen LogP contribution in [0.3, 0.4) is 0 Å². The number of furan rings is 1. The van der Waals surface area contributed by atoms with E-state index in [2.05, 4.69) is 16.8 Å². The molecule has 6 nitrogen and oxygen atoms in total. The van der Waals surface area contributed by atoms with Crippen LogP contribution < -0.4 is 0 Å². The molecule has 0 amide bonds. The molecule has 0 radical (unpaired) electrons. The zero-order valence-electron chi connectivity index (χ0n) is 14.9. The van der Waals surface area contributed by atoms with Gasteiger partial charge in [-0.1, -0.05) is 19.1 Å². The van der Waals surface area contributed by atoms with Crippen LogP contribution in [0.1, 0.15) is 31.3 Å². The number of carboxylic acids is 1. The second-order valence-corrected chi connectivity index (χ2v) is 6.94. The molecule has 1 N–H and O–H groups in total. The van der Waals surface area contributed by atoms with Crippen LogP contribution in [0.4, 0.5) is 0 Å². The molecule has 0 bridgehead atoms. The van der Waals surface area contributed by atoms with Crippen LogP contribution >= 0.6 is 0 Å². The van der Waals surface area contributed by atoms with Gasteiger partial charge in [0.25, 0.3) is 0 Å². The Labute approximate surface area is 152 Å². The average molecular weight is 353 g/mol. The fourth-order valence-electron chi connectivity index (χ4n) is 3.86. The van der Waals surface area contributed by atoms with Crippen LogP contribution in [0.5, 0.6) is 0 Å². The van der Waals surface area contributed by atoms with Gasteiger partial charge in [0.2, 0.25) is 0 Å². The highest BCUT2D eigenvalue weighted by Gasteiger charge is 2.44. The van der Waals surface area contributed by atoms with Crippen LogP contribution in [-0.4, -0.2) is 38.6 Å². The molecule has 1 saturated heterocycles. The molecule has 3 heterocycles. The summed E-state index contributed by atoms with van der Waals surface area (Å²) in [4.78, 5) is 18.9. The monoisotopic (exact) mass is 353 g/mol. The SMILES string of the molecule is CCc1ccc(CN2CCC(C(=O)O)(n3cnc4ccccc43)CC2)o1. The summed E-state index contributed by atoms with van der Waals surface area (Å²) in [5.74, 6) is 1.14. The molecule has 0 spiro atoms. The Morgan fingerprint density at radius 3 is 2.62 bits per heavy atom. The molecule has 0 saturated carbocycles. The van der Waals surface area contributed by atoms with Gasteiger partial charge in [-0.25, -0.2) is 9.78 Å². The highest BCUT2D eigenvalue weighted by Crippen LogP contribution is 2.34. The normalized spacial score (nSPS) is 17.6. The first kappa shape index (κ1) is 16.8. The van der Waals surface area contributed by atoms with Crippen LogP contribution in [-0.2, 0) is 23.3 Å². The topological polar surface area (TPSA) is 71.5 Å². The second kappa shape index (κ2) is 6.61. The Morgan fingerprint density at radius 2 is 1.92 bits per heavy atom.